The van der Waals surface area contributed by atoms with Crippen molar-refractivity contribution in [3.63, 3.8) is 0 Å². The molecule has 0 amide bonds. The summed E-state index contributed by atoms with van der Waals surface area (Å²) in [5.74, 6) is -2.64. The van der Waals surface area contributed by atoms with Crippen LogP contribution >= 0.6 is 11.6 Å². The van der Waals surface area contributed by atoms with Crippen LogP contribution in [0.1, 0.15) is 5.56 Å². The first kappa shape index (κ1) is 12.8. The van der Waals surface area contributed by atoms with Gasteiger partial charge in [-0.25, -0.2) is 0 Å². The third kappa shape index (κ3) is 3.20. The van der Waals surface area contributed by atoms with Crippen LogP contribution in [0.2, 0.25) is 5.02 Å². The smallest absolute Gasteiger partial charge is 0.306 e. The summed E-state index contributed by atoms with van der Waals surface area (Å²) < 4.78 is 32.6. The number of hydrogen-bond acceptors (Lipinski definition) is 1. The first-order chi connectivity index (χ1) is 8.58. The van der Waals surface area contributed by atoms with Gasteiger partial charge in [0.25, 0.3) is 0 Å². The van der Waals surface area contributed by atoms with Crippen molar-refractivity contribution in [2.75, 3.05) is 6.61 Å². The van der Waals surface area contributed by atoms with Gasteiger partial charge in [0.1, 0.15) is 5.75 Å². The van der Waals surface area contributed by atoms with Crippen LogP contribution in [-0.4, -0.2) is 6.61 Å². The number of halogens is 3. The number of alkyl halides is 2. The van der Waals surface area contributed by atoms with Gasteiger partial charge >= 0.3 is 5.92 Å². The molecule has 2 rings (SSSR count). The molecule has 0 spiro atoms. The quantitative estimate of drug-likeness (QED) is 0.793. The summed E-state index contributed by atoms with van der Waals surface area (Å²) in [5.41, 5.74) is -0.0565. The Morgan fingerprint density at radius 3 is 2.17 bits per heavy atom. The van der Waals surface area contributed by atoms with Crippen LogP contribution in [-0.2, 0) is 5.92 Å². The van der Waals surface area contributed by atoms with Crippen LogP contribution in [0.3, 0.4) is 0 Å². The van der Waals surface area contributed by atoms with E-state index in [-0.39, 0.29) is 5.56 Å². The Kier molecular flexibility index (Phi) is 3.82. The fourth-order valence-corrected chi connectivity index (χ4v) is 1.60. The van der Waals surface area contributed by atoms with E-state index in [2.05, 4.69) is 0 Å². The molecule has 0 N–H and O–H groups in total. The molecule has 4 heteroatoms. The number of ether oxygens (including phenoxy) is 1. The van der Waals surface area contributed by atoms with E-state index in [1.54, 1.807) is 42.5 Å². The maximum atomic E-state index is 13.8. The zero-order chi connectivity index (χ0) is 13.0. The topological polar surface area (TPSA) is 9.23 Å². The minimum atomic E-state index is -3.01. The summed E-state index contributed by atoms with van der Waals surface area (Å²) in [6.07, 6.45) is 0. The second kappa shape index (κ2) is 5.36. The van der Waals surface area contributed by atoms with Crippen LogP contribution in [0.4, 0.5) is 8.78 Å². The van der Waals surface area contributed by atoms with Crippen molar-refractivity contribution in [2.45, 2.75) is 5.92 Å². The summed E-state index contributed by atoms with van der Waals surface area (Å²) in [6.45, 7) is -0.696. The highest BCUT2D eigenvalue weighted by Gasteiger charge is 2.32. The van der Waals surface area contributed by atoms with Gasteiger partial charge < -0.3 is 4.74 Å². The Labute approximate surface area is 109 Å². The van der Waals surface area contributed by atoms with Crippen LogP contribution < -0.4 is 4.74 Å². The maximum Gasteiger partial charge on any atom is 0.306 e. The van der Waals surface area contributed by atoms with E-state index in [0.29, 0.717) is 10.8 Å². The van der Waals surface area contributed by atoms with Crippen molar-refractivity contribution in [1.82, 2.24) is 0 Å². The van der Waals surface area contributed by atoms with E-state index < -0.39 is 12.5 Å². The van der Waals surface area contributed by atoms with Crippen molar-refractivity contribution >= 4 is 11.6 Å². The Balaban J connectivity index is 2.03. The normalized spacial score (nSPS) is 11.3. The van der Waals surface area contributed by atoms with Crippen LogP contribution in [0.25, 0.3) is 0 Å². The molecule has 0 atom stereocenters. The molecule has 18 heavy (non-hydrogen) atoms. The maximum absolute atomic E-state index is 13.8. The van der Waals surface area contributed by atoms with Crippen LogP contribution in [0.5, 0.6) is 5.75 Å². The summed E-state index contributed by atoms with van der Waals surface area (Å²) in [7, 11) is 0. The Morgan fingerprint density at radius 2 is 1.56 bits per heavy atom. The number of benzene rings is 2. The zero-order valence-electron chi connectivity index (χ0n) is 9.45. The molecule has 0 aliphatic rings. The Hall–Kier alpha value is -1.61. The summed E-state index contributed by atoms with van der Waals surface area (Å²) in [5, 5.41) is 0.539. The number of rotatable bonds is 4. The molecule has 2 aromatic rings. The van der Waals surface area contributed by atoms with Gasteiger partial charge in [-0.3, -0.25) is 0 Å². The predicted molar refractivity (Wildman–Crippen MR) is 67.3 cm³/mol. The second-order valence-electron chi connectivity index (χ2n) is 3.81. The van der Waals surface area contributed by atoms with Crippen LogP contribution in [0, 0.1) is 0 Å². The lowest BCUT2D eigenvalue weighted by Crippen LogP contribution is -2.22. The lowest BCUT2D eigenvalue weighted by molar-refractivity contribution is -0.0467. The third-order valence-electron chi connectivity index (χ3n) is 2.43. The van der Waals surface area contributed by atoms with Gasteiger partial charge in [0.2, 0.25) is 0 Å². The Bertz CT molecular complexity index is 497. The molecular weight excluding hydrogens is 258 g/mol. The highest BCUT2D eigenvalue weighted by atomic mass is 35.5. The molecule has 0 heterocycles. The SMILES string of the molecule is FC(F)(COc1ccc(Cl)cc1)c1ccccc1. The van der Waals surface area contributed by atoms with Gasteiger partial charge in [-0.1, -0.05) is 41.9 Å². The first-order valence-corrected chi connectivity index (χ1v) is 5.77. The molecule has 94 valence electrons. The van der Waals surface area contributed by atoms with Crippen LogP contribution in [0.15, 0.2) is 54.6 Å². The molecule has 0 aliphatic heterocycles. The second-order valence-corrected chi connectivity index (χ2v) is 4.25. The van der Waals surface area contributed by atoms with Gasteiger partial charge in [0.05, 0.1) is 0 Å². The van der Waals surface area contributed by atoms with Crippen molar-refractivity contribution in [3.8, 4) is 5.75 Å². The third-order valence-corrected chi connectivity index (χ3v) is 2.68. The van der Waals surface area contributed by atoms with Crippen molar-refractivity contribution in [2.24, 2.45) is 0 Å². The summed E-state index contributed by atoms with van der Waals surface area (Å²) >= 11 is 5.69. The molecule has 0 saturated carbocycles. The molecule has 0 aliphatic carbocycles. The highest BCUT2D eigenvalue weighted by Crippen LogP contribution is 2.28. The van der Waals surface area contributed by atoms with Gasteiger partial charge in [0, 0.05) is 10.6 Å². The van der Waals surface area contributed by atoms with E-state index in [1.807, 2.05) is 0 Å². The molecular formula is C14H11ClF2O. The van der Waals surface area contributed by atoms with E-state index in [0.717, 1.165) is 0 Å². The minimum Gasteiger partial charge on any atom is -0.487 e. The fourth-order valence-electron chi connectivity index (χ4n) is 1.47. The van der Waals surface area contributed by atoms with E-state index in [9.17, 15) is 8.78 Å². The predicted octanol–water partition coefficient (Wildman–Crippen LogP) is 4.51. The summed E-state index contributed by atoms with van der Waals surface area (Å²) in [4.78, 5) is 0. The van der Waals surface area contributed by atoms with Gasteiger partial charge in [-0.05, 0) is 24.3 Å². The zero-order valence-corrected chi connectivity index (χ0v) is 10.2. The molecule has 1 nitrogen and oxygen atoms in total. The molecule has 2 aromatic carbocycles. The molecule has 0 radical (unpaired) electrons. The van der Waals surface area contributed by atoms with Gasteiger partial charge in [0.15, 0.2) is 6.61 Å². The largest absolute Gasteiger partial charge is 0.487 e. The van der Waals surface area contributed by atoms with Crippen molar-refractivity contribution in [3.05, 3.63) is 65.2 Å². The lowest BCUT2D eigenvalue weighted by Gasteiger charge is -2.17. The summed E-state index contributed by atoms with van der Waals surface area (Å²) in [6, 6.07) is 13.9. The molecule has 0 unspecified atom stereocenters. The van der Waals surface area contributed by atoms with Gasteiger partial charge in [-0.15, -0.1) is 0 Å². The molecule has 0 fully saturated rings. The monoisotopic (exact) mass is 268 g/mol. The molecule has 0 saturated heterocycles. The van der Waals surface area contributed by atoms with Crippen molar-refractivity contribution < 1.29 is 13.5 Å². The minimum absolute atomic E-state index is 0.0565. The average Bonchev–Trinajstić information content (AvgIpc) is 2.39. The number of hydrogen-bond donors (Lipinski definition) is 0. The lowest BCUT2D eigenvalue weighted by atomic mass is 10.1. The standard InChI is InChI=1S/C14H11ClF2O/c15-12-6-8-13(9-7-12)18-10-14(16,17)11-4-2-1-3-5-11/h1-9H,10H2. The molecule has 0 bridgehead atoms. The van der Waals surface area contributed by atoms with E-state index in [1.165, 1.54) is 12.1 Å². The fraction of sp³-hybridized carbons (Fsp3) is 0.143. The Morgan fingerprint density at radius 1 is 0.944 bits per heavy atom. The molecule has 0 aromatic heterocycles. The van der Waals surface area contributed by atoms with E-state index >= 15 is 0 Å². The first-order valence-electron chi connectivity index (χ1n) is 5.40. The van der Waals surface area contributed by atoms with E-state index in [4.69, 9.17) is 16.3 Å². The average molecular weight is 269 g/mol. The highest BCUT2D eigenvalue weighted by molar-refractivity contribution is 6.30. The van der Waals surface area contributed by atoms with Crippen molar-refractivity contribution in [1.29, 1.82) is 0 Å². The van der Waals surface area contributed by atoms with Gasteiger partial charge in [-0.2, -0.15) is 8.78 Å².